The molecule has 0 aromatic carbocycles. The summed E-state index contributed by atoms with van der Waals surface area (Å²) >= 11 is 0. The van der Waals surface area contributed by atoms with Gasteiger partial charge < -0.3 is 9.88 Å². The van der Waals surface area contributed by atoms with Gasteiger partial charge in [0.1, 0.15) is 0 Å². The van der Waals surface area contributed by atoms with E-state index in [0.717, 1.165) is 25.6 Å². The van der Waals surface area contributed by atoms with Crippen molar-refractivity contribution in [2.45, 2.75) is 45.7 Å². The number of hydrogen-bond acceptors (Lipinski definition) is 3. The SMILES string of the molecule is CCCn1cncc1CN1CCC(CCNC)CC1. The summed E-state index contributed by atoms with van der Waals surface area (Å²) in [6.07, 6.45) is 9.21. The molecule has 0 unspecified atom stereocenters. The van der Waals surface area contributed by atoms with Crippen LogP contribution in [0.3, 0.4) is 0 Å². The van der Waals surface area contributed by atoms with Gasteiger partial charge in [-0.25, -0.2) is 4.98 Å². The molecule has 1 aromatic heterocycles. The summed E-state index contributed by atoms with van der Waals surface area (Å²) in [5, 5.41) is 3.26. The minimum absolute atomic E-state index is 0.921. The van der Waals surface area contributed by atoms with E-state index in [4.69, 9.17) is 0 Å². The van der Waals surface area contributed by atoms with Gasteiger partial charge in [-0.05, 0) is 58.3 Å². The number of likely N-dealkylation sites (tertiary alicyclic amines) is 1. The second-order valence-corrected chi connectivity index (χ2v) is 5.69. The Morgan fingerprint density at radius 2 is 2.16 bits per heavy atom. The van der Waals surface area contributed by atoms with E-state index in [0.29, 0.717) is 0 Å². The van der Waals surface area contributed by atoms with Crippen molar-refractivity contribution in [2.24, 2.45) is 5.92 Å². The summed E-state index contributed by atoms with van der Waals surface area (Å²) in [5.74, 6) is 0.921. The van der Waals surface area contributed by atoms with Crippen molar-refractivity contribution in [1.82, 2.24) is 19.8 Å². The predicted octanol–water partition coefficient (Wildman–Crippen LogP) is 2.11. The Labute approximate surface area is 117 Å². The number of aryl methyl sites for hydroxylation is 1. The van der Waals surface area contributed by atoms with Gasteiger partial charge in [0, 0.05) is 19.3 Å². The summed E-state index contributed by atoms with van der Waals surface area (Å²) in [4.78, 5) is 6.87. The fourth-order valence-electron chi connectivity index (χ4n) is 2.93. The second kappa shape index (κ2) is 7.65. The first-order chi connectivity index (χ1) is 9.33. The molecule has 1 aliphatic heterocycles. The lowest BCUT2D eigenvalue weighted by Crippen LogP contribution is -2.34. The van der Waals surface area contributed by atoms with Crippen LogP contribution in [-0.4, -0.2) is 41.1 Å². The number of nitrogens with zero attached hydrogens (tertiary/aromatic N) is 3. The molecule has 0 saturated carbocycles. The smallest absolute Gasteiger partial charge is 0.0948 e. The number of piperidine rings is 1. The van der Waals surface area contributed by atoms with Crippen LogP contribution in [0.5, 0.6) is 0 Å². The number of nitrogens with one attached hydrogen (secondary N) is 1. The first kappa shape index (κ1) is 14.5. The third-order valence-electron chi connectivity index (χ3n) is 4.16. The Morgan fingerprint density at radius 1 is 1.37 bits per heavy atom. The average molecular weight is 264 g/mol. The van der Waals surface area contributed by atoms with E-state index in [1.54, 1.807) is 0 Å². The molecule has 0 radical (unpaired) electrons. The fraction of sp³-hybridized carbons (Fsp3) is 0.800. The standard InChI is InChI=1S/C15H28N4/c1-3-8-19-13-17-11-15(19)12-18-9-5-14(6-10-18)4-7-16-2/h11,13-14,16H,3-10,12H2,1-2H3. The minimum atomic E-state index is 0.921. The van der Waals surface area contributed by atoms with E-state index in [-0.39, 0.29) is 0 Å². The zero-order valence-corrected chi connectivity index (χ0v) is 12.4. The summed E-state index contributed by atoms with van der Waals surface area (Å²) in [5.41, 5.74) is 1.37. The van der Waals surface area contributed by atoms with E-state index < -0.39 is 0 Å². The van der Waals surface area contributed by atoms with Gasteiger partial charge in [-0.2, -0.15) is 0 Å². The highest BCUT2D eigenvalue weighted by Gasteiger charge is 2.19. The molecule has 4 nitrogen and oxygen atoms in total. The van der Waals surface area contributed by atoms with Crippen LogP contribution in [-0.2, 0) is 13.1 Å². The van der Waals surface area contributed by atoms with Crippen molar-refractivity contribution in [2.75, 3.05) is 26.7 Å². The highest BCUT2D eigenvalue weighted by Crippen LogP contribution is 2.21. The van der Waals surface area contributed by atoms with Crippen molar-refractivity contribution >= 4 is 0 Å². The Morgan fingerprint density at radius 3 is 2.84 bits per heavy atom. The molecular weight excluding hydrogens is 236 g/mol. The van der Waals surface area contributed by atoms with Crippen molar-refractivity contribution < 1.29 is 0 Å². The summed E-state index contributed by atoms with van der Waals surface area (Å²) in [7, 11) is 2.05. The maximum absolute atomic E-state index is 4.29. The first-order valence-electron chi connectivity index (χ1n) is 7.69. The van der Waals surface area contributed by atoms with Gasteiger partial charge in [0.05, 0.1) is 12.0 Å². The maximum atomic E-state index is 4.29. The van der Waals surface area contributed by atoms with Crippen LogP contribution >= 0.6 is 0 Å². The van der Waals surface area contributed by atoms with E-state index in [9.17, 15) is 0 Å². The van der Waals surface area contributed by atoms with Crippen molar-refractivity contribution in [1.29, 1.82) is 0 Å². The fourth-order valence-corrected chi connectivity index (χ4v) is 2.93. The molecule has 0 bridgehead atoms. The number of hydrogen-bond donors (Lipinski definition) is 1. The molecular formula is C15H28N4. The lowest BCUT2D eigenvalue weighted by molar-refractivity contribution is 0.169. The van der Waals surface area contributed by atoms with Gasteiger partial charge in [0.25, 0.3) is 0 Å². The molecule has 1 saturated heterocycles. The van der Waals surface area contributed by atoms with Gasteiger partial charge in [0.2, 0.25) is 0 Å². The van der Waals surface area contributed by atoms with Crippen LogP contribution < -0.4 is 5.32 Å². The van der Waals surface area contributed by atoms with Gasteiger partial charge in [-0.3, -0.25) is 4.90 Å². The van der Waals surface area contributed by atoms with Crippen LogP contribution in [0.4, 0.5) is 0 Å². The van der Waals surface area contributed by atoms with Crippen LogP contribution in [0.2, 0.25) is 0 Å². The number of imidazole rings is 1. The normalized spacial score (nSPS) is 18.0. The third kappa shape index (κ3) is 4.32. The highest BCUT2D eigenvalue weighted by atomic mass is 15.2. The lowest BCUT2D eigenvalue weighted by atomic mass is 9.93. The first-order valence-corrected chi connectivity index (χ1v) is 7.69. The van der Waals surface area contributed by atoms with Crippen molar-refractivity contribution in [3.8, 4) is 0 Å². The van der Waals surface area contributed by atoms with Crippen LogP contribution in [0, 0.1) is 5.92 Å². The summed E-state index contributed by atoms with van der Waals surface area (Å²) < 4.78 is 2.30. The minimum Gasteiger partial charge on any atom is -0.333 e. The highest BCUT2D eigenvalue weighted by molar-refractivity contribution is 4.98. The van der Waals surface area contributed by atoms with E-state index in [1.807, 2.05) is 19.6 Å². The monoisotopic (exact) mass is 264 g/mol. The predicted molar refractivity (Wildman–Crippen MR) is 79.1 cm³/mol. The molecule has 0 amide bonds. The van der Waals surface area contributed by atoms with E-state index in [2.05, 4.69) is 26.7 Å². The molecule has 1 aliphatic rings. The summed E-state index contributed by atoms with van der Waals surface area (Å²) in [6, 6.07) is 0. The lowest BCUT2D eigenvalue weighted by Gasteiger charge is -2.32. The van der Waals surface area contributed by atoms with Gasteiger partial charge in [-0.15, -0.1) is 0 Å². The van der Waals surface area contributed by atoms with Gasteiger partial charge in [-0.1, -0.05) is 6.92 Å². The zero-order chi connectivity index (χ0) is 13.5. The van der Waals surface area contributed by atoms with Crippen LogP contribution in [0.15, 0.2) is 12.5 Å². The number of aromatic nitrogens is 2. The quantitative estimate of drug-likeness (QED) is 0.819. The molecule has 108 valence electrons. The van der Waals surface area contributed by atoms with Crippen LogP contribution in [0.1, 0.15) is 38.3 Å². The molecule has 2 rings (SSSR count). The third-order valence-corrected chi connectivity index (χ3v) is 4.16. The molecule has 2 heterocycles. The number of rotatable bonds is 7. The van der Waals surface area contributed by atoms with Crippen molar-refractivity contribution in [3.05, 3.63) is 18.2 Å². The molecule has 4 heteroatoms. The largest absolute Gasteiger partial charge is 0.333 e. The zero-order valence-electron chi connectivity index (χ0n) is 12.4. The van der Waals surface area contributed by atoms with Crippen molar-refractivity contribution in [3.63, 3.8) is 0 Å². The molecule has 0 spiro atoms. The molecule has 19 heavy (non-hydrogen) atoms. The van der Waals surface area contributed by atoms with Gasteiger partial charge >= 0.3 is 0 Å². The molecule has 1 N–H and O–H groups in total. The van der Waals surface area contributed by atoms with Crippen LogP contribution in [0.25, 0.3) is 0 Å². The maximum Gasteiger partial charge on any atom is 0.0948 e. The Kier molecular flexibility index (Phi) is 5.86. The summed E-state index contributed by atoms with van der Waals surface area (Å²) in [6.45, 7) is 8.02. The topological polar surface area (TPSA) is 33.1 Å². The molecule has 0 aliphatic carbocycles. The van der Waals surface area contributed by atoms with Gasteiger partial charge in [0.15, 0.2) is 0 Å². The van der Waals surface area contributed by atoms with E-state index >= 15 is 0 Å². The molecule has 0 atom stereocenters. The Bertz CT molecular complexity index is 353. The average Bonchev–Trinajstić information content (AvgIpc) is 2.86. The Hall–Kier alpha value is -0.870. The molecule has 1 aromatic rings. The Balaban J connectivity index is 1.77. The molecule has 1 fully saturated rings. The van der Waals surface area contributed by atoms with E-state index in [1.165, 1.54) is 44.5 Å². The second-order valence-electron chi connectivity index (χ2n) is 5.69.